The Labute approximate surface area is 178 Å². The smallest absolute Gasteiger partial charge is 0.291 e. The predicted molar refractivity (Wildman–Crippen MR) is 111 cm³/mol. The van der Waals surface area contributed by atoms with Gasteiger partial charge in [0, 0.05) is 13.0 Å². The molecule has 0 bridgehead atoms. The molecule has 152 valence electrons. The number of benzene rings is 2. The van der Waals surface area contributed by atoms with E-state index >= 15 is 0 Å². The van der Waals surface area contributed by atoms with E-state index < -0.39 is 12.0 Å². The number of aromatic nitrogens is 3. The summed E-state index contributed by atoms with van der Waals surface area (Å²) in [6.45, 7) is 1.90. The van der Waals surface area contributed by atoms with E-state index in [1.54, 1.807) is 49.6 Å². The van der Waals surface area contributed by atoms with Crippen LogP contribution in [0.15, 0.2) is 42.5 Å². The van der Waals surface area contributed by atoms with Crippen molar-refractivity contribution in [2.45, 2.75) is 19.4 Å². The Balaban J connectivity index is 1.75. The molecule has 0 aliphatic rings. The minimum absolute atomic E-state index is 0.00795. The van der Waals surface area contributed by atoms with Crippen molar-refractivity contribution in [3.05, 3.63) is 69.7 Å². The molecule has 3 rings (SSSR count). The zero-order valence-corrected chi connectivity index (χ0v) is 17.4. The number of rotatable bonds is 7. The van der Waals surface area contributed by atoms with Crippen LogP contribution in [0.2, 0.25) is 10.0 Å². The molecule has 0 spiro atoms. The molecule has 1 atom stereocenters. The first-order valence-electron chi connectivity index (χ1n) is 8.95. The Hall–Kier alpha value is -2.61. The van der Waals surface area contributed by atoms with Crippen molar-refractivity contribution in [3.63, 3.8) is 0 Å². The predicted octanol–water partition coefficient (Wildman–Crippen LogP) is 3.61. The number of carbonyl (C=O) groups excluding carboxylic acids is 1. The van der Waals surface area contributed by atoms with E-state index in [1.165, 1.54) is 4.68 Å². The number of hydrogen-bond acceptors (Lipinski definition) is 5. The summed E-state index contributed by atoms with van der Waals surface area (Å²) in [6, 6.07) is 12.1. The number of para-hydroxylation sites is 1. The van der Waals surface area contributed by atoms with Crippen LogP contribution in [0, 0.1) is 0 Å². The van der Waals surface area contributed by atoms with Gasteiger partial charge in [-0.3, -0.25) is 4.79 Å². The van der Waals surface area contributed by atoms with E-state index in [2.05, 4.69) is 15.4 Å². The number of nitrogens with one attached hydrogen (secondary N) is 1. The first kappa shape index (κ1) is 21.1. The van der Waals surface area contributed by atoms with E-state index in [4.69, 9.17) is 27.9 Å². The van der Waals surface area contributed by atoms with Crippen LogP contribution in [0.4, 0.5) is 0 Å². The van der Waals surface area contributed by atoms with Crippen molar-refractivity contribution in [1.82, 2.24) is 20.1 Å². The lowest BCUT2D eigenvalue weighted by Gasteiger charge is -2.12. The minimum atomic E-state index is -0.879. The molecular formula is C20H20Cl2N4O3. The van der Waals surface area contributed by atoms with Gasteiger partial charge >= 0.3 is 0 Å². The zero-order chi connectivity index (χ0) is 21.0. The van der Waals surface area contributed by atoms with Crippen LogP contribution in [-0.2, 0) is 6.42 Å². The third kappa shape index (κ3) is 4.70. The van der Waals surface area contributed by atoms with Gasteiger partial charge in [-0.05, 0) is 29.8 Å². The lowest BCUT2D eigenvalue weighted by Crippen LogP contribution is -2.29. The summed E-state index contributed by atoms with van der Waals surface area (Å²) < 4.78 is 6.56. The second-order valence-electron chi connectivity index (χ2n) is 6.19. The van der Waals surface area contributed by atoms with Gasteiger partial charge in [-0.2, -0.15) is 0 Å². The van der Waals surface area contributed by atoms with Crippen LogP contribution >= 0.6 is 23.2 Å². The fourth-order valence-electron chi connectivity index (χ4n) is 2.75. The Morgan fingerprint density at radius 3 is 2.45 bits per heavy atom. The van der Waals surface area contributed by atoms with Gasteiger partial charge < -0.3 is 15.2 Å². The molecule has 0 saturated carbocycles. The first-order valence-corrected chi connectivity index (χ1v) is 9.70. The number of halogens is 2. The van der Waals surface area contributed by atoms with Crippen LogP contribution in [0.1, 0.15) is 35.0 Å². The average Bonchev–Trinajstić information content (AvgIpc) is 3.15. The summed E-state index contributed by atoms with van der Waals surface area (Å²) in [6.07, 6.45) is -0.355. The minimum Gasteiger partial charge on any atom is -0.497 e. The number of carbonyl (C=O) groups is 1. The van der Waals surface area contributed by atoms with E-state index in [1.807, 2.05) is 6.92 Å². The highest BCUT2D eigenvalue weighted by molar-refractivity contribution is 6.37. The molecule has 2 N–H and O–H groups in total. The third-order valence-electron chi connectivity index (χ3n) is 4.30. The number of ether oxygens (including phenoxy) is 1. The molecular weight excluding hydrogens is 415 g/mol. The monoisotopic (exact) mass is 434 g/mol. The number of aliphatic hydroxyl groups is 1. The van der Waals surface area contributed by atoms with Crippen molar-refractivity contribution in [1.29, 1.82) is 0 Å². The maximum absolute atomic E-state index is 12.5. The summed E-state index contributed by atoms with van der Waals surface area (Å²) in [5.74, 6) is 0.694. The molecule has 29 heavy (non-hydrogen) atoms. The molecule has 3 aromatic rings. The molecule has 0 aliphatic heterocycles. The van der Waals surface area contributed by atoms with Gasteiger partial charge in [-0.15, -0.1) is 5.10 Å². The normalized spacial score (nSPS) is 11.9. The average molecular weight is 435 g/mol. The molecule has 0 radical (unpaired) electrons. The molecule has 0 saturated heterocycles. The van der Waals surface area contributed by atoms with Gasteiger partial charge in [0.05, 0.1) is 23.3 Å². The Bertz CT molecular complexity index is 985. The van der Waals surface area contributed by atoms with Crippen molar-refractivity contribution in [2.24, 2.45) is 0 Å². The van der Waals surface area contributed by atoms with Crippen LogP contribution < -0.4 is 10.1 Å². The largest absolute Gasteiger partial charge is 0.497 e. The molecule has 2 aromatic carbocycles. The van der Waals surface area contributed by atoms with Crippen molar-refractivity contribution in [3.8, 4) is 11.4 Å². The topological polar surface area (TPSA) is 89.3 Å². The molecule has 7 nitrogen and oxygen atoms in total. The molecule has 1 amide bonds. The molecule has 0 aliphatic carbocycles. The molecule has 9 heteroatoms. The second kappa shape index (κ2) is 9.26. The van der Waals surface area contributed by atoms with Gasteiger partial charge in [0.2, 0.25) is 5.82 Å². The summed E-state index contributed by atoms with van der Waals surface area (Å²) in [5.41, 5.74) is 1.12. The van der Waals surface area contributed by atoms with E-state index in [-0.39, 0.29) is 12.4 Å². The van der Waals surface area contributed by atoms with Gasteiger partial charge in [-0.25, -0.2) is 9.67 Å². The van der Waals surface area contributed by atoms with Gasteiger partial charge in [0.1, 0.15) is 17.3 Å². The highest BCUT2D eigenvalue weighted by atomic mass is 35.5. The SMILES string of the molecule is CCc1nc(C(=O)NCC(O)c2ccc(OC)cc2)nn1-c1c(Cl)cccc1Cl. The highest BCUT2D eigenvalue weighted by Gasteiger charge is 2.20. The van der Waals surface area contributed by atoms with Crippen LogP contribution in [-0.4, -0.2) is 39.4 Å². The third-order valence-corrected chi connectivity index (χ3v) is 4.91. The summed E-state index contributed by atoms with van der Waals surface area (Å²) in [7, 11) is 1.57. The first-order chi connectivity index (χ1) is 13.9. The lowest BCUT2D eigenvalue weighted by atomic mass is 10.1. The zero-order valence-electron chi connectivity index (χ0n) is 15.9. The summed E-state index contributed by atoms with van der Waals surface area (Å²) >= 11 is 12.5. The summed E-state index contributed by atoms with van der Waals surface area (Å²) in [5, 5.41) is 18.0. The van der Waals surface area contributed by atoms with E-state index in [0.29, 0.717) is 39.3 Å². The Morgan fingerprint density at radius 2 is 1.86 bits per heavy atom. The number of aryl methyl sites for hydroxylation is 1. The second-order valence-corrected chi connectivity index (χ2v) is 7.00. The highest BCUT2D eigenvalue weighted by Crippen LogP contribution is 2.28. The van der Waals surface area contributed by atoms with Gasteiger partial charge in [-0.1, -0.05) is 48.3 Å². The van der Waals surface area contributed by atoms with Crippen molar-refractivity contribution < 1.29 is 14.6 Å². The standard InChI is InChI=1S/C20H20Cl2N4O3/c1-3-17-24-19(25-26(17)18-14(21)5-4-6-15(18)22)20(28)23-11-16(27)12-7-9-13(29-2)10-8-12/h4-10,16,27H,3,11H2,1-2H3,(H,23,28). The van der Waals surface area contributed by atoms with Crippen LogP contribution in [0.25, 0.3) is 5.69 Å². The number of methoxy groups -OCH3 is 1. The summed E-state index contributed by atoms with van der Waals surface area (Å²) in [4.78, 5) is 16.8. The van der Waals surface area contributed by atoms with Crippen molar-refractivity contribution >= 4 is 29.1 Å². The van der Waals surface area contributed by atoms with Gasteiger partial charge in [0.15, 0.2) is 0 Å². The lowest BCUT2D eigenvalue weighted by molar-refractivity contribution is 0.0906. The maximum Gasteiger partial charge on any atom is 0.291 e. The van der Waals surface area contributed by atoms with Crippen molar-refractivity contribution in [2.75, 3.05) is 13.7 Å². The van der Waals surface area contributed by atoms with E-state index in [9.17, 15) is 9.90 Å². The Kier molecular flexibility index (Phi) is 6.74. The fourth-order valence-corrected chi connectivity index (χ4v) is 3.31. The van der Waals surface area contributed by atoms with Crippen LogP contribution in [0.3, 0.4) is 0 Å². The Morgan fingerprint density at radius 1 is 1.21 bits per heavy atom. The fraction of sp³-hybridized carbons (Fsp3) is 0.250. The number of aliphatic hydroxyl groups excluding tert-OH is 1. The maximum atomic E-state index is 12.5. The van der Waals surface area contributed by atoms with Crippen LogP contribution in [0.5, 0.6) is 5.75 Å². The number of hydrogen-bond donors (Lipinski definition) is 2. The number of amides is 1. The quantitative estimate of drug-likeness (QED) is 0.592. The molecule has 1 heterocycles. The molecule has 1 aromatic heterocycles. The van der Waals surface area contributed by atoms with Gasteiger partial charge in [0.25, 0.3) is 5.91 Å². The number of nitrogens with zero attached hydrogens (tertiary/aromatic N) is 3. The molecule has 0 fully saturated rings. The van der Waals surface area contributed by atoms with E-state index in [0.717, 1.165) is 0 Å². The molecule has 1 unspecified atom stereocenters.